The maximum absolute atomic E-state index is 11.7. The van der Waals surface area contributed by atoms with E-state index in [2.05, 4.69) is 10.3 Å². The summed E-state index contributed by atoms with van der Waals surface area (Å²) in [6, 6.07) is 7.28. The van der Waals surface area contributed by atoms with Gasteiger partial charge < -0.3 is 14.8 Å². The third-order valence-electron chi connectivity index (χ3n) is 2.91. The van der Waals surface area contributed by atoms with Gasteiger partial charge in [0.05, 0.1) is 19.3 Å². The molecule has 0 atom stereocenters. The van der Waals surface area contributed by atoms with Crippen molar-refractivity contribution in [2.24, 2.45) is 0 Å². The van der Waals surface area contributed by atoms with Gasteiger partial charge in [-0.2, -0.15) is 0 Å². The van der Waals surface area contributed by atoms with Crippen LogP contribution in [0.15, 0.2) is 30.5 Å². The number of fused-ring (bicyclic) bond motifs is 1. The number of carbonyl (C=O) groups is 2. The van der Waals surface area contributed by atoms with E-state index in [1.54, 1.807) is 13.0 Å². The molecule has 0 aliphatic carbocycles. The minimum absolute atomic E-state index is 0.0163. The van der Waals surface area contributed by atoms with Gasteiger partial charge >= 0.3 is 11.9 Å². The average Bonchev–Trinajstić information content (AvgIpc) is 2.52. The smallest absolute Gasteiger partial charge is 0.340 e. The van der Waals surface area contributed by atoms with Gasteiger partial charge in [0.1, 0.15) is 12.4 Å². The highest BCUT2D eigenvalue weighted by atomic mass is 16.5. The summed E-state index contributed by atoms with van der Waals surface area (Å²) in [6.07, 6.45) is 1.43. The first kappa shape index (κ1) is 14.8. The molecule has 0 aliphatic rings. The van der Waals surface area contributed by atoms with Crippen LogP contribution in [-0.4, -0.2) is 37.2 Å². The molecular weight excluding hydrogens is 272 g/mol. The molecule has 110 valence electrons. The Labute approximate surface area is 122 Å². The zero-order valence-electron chi connectivity index (χ0n) is 11.9. The molecule has 0 fully saturated rings. The molecule has 1 N–H and O–H groups in total. The highest BCUT2D eigenvalue weighted by molar-refractivity contribution is 6.07. The Kier molecular flexibility index (Phi) is 4.71. The lowest BCUT2D eigenvalue weighted by Crippen LogP contribution is -2.17. The van der Waals surface area contributed by atoms with Gasteiger partial charge in [-0.25, -0.2) is 9.78 Å². The van der Waals surface area contributed by atoms with Gasteiger partial charge in [-0.1, -0.05) is 24.3 Å². The van der Waals surface area contributed by atoms with Crippen LogP contribution in [0.25, 0.3) is 10.8 Å². The Morgan fingerprint density at radius 2 is 1.95 bits per heavy atom. The Bertz CT molecular complexity index is 670. The van der Waals surface area contributed by atoms with Crippen molar-refractivity contribution < 1.29 is 19.1 Å². The van der Waals surface area contributed by atoms with Crippen LogP contribution in [0.2, 0.25) is 0 Å². The zero-order chi connectivity index (χ0) is 15.2. The lowest BCUT2D eigenvalue weighted by atomic mass is 10.1. The molecule has 1 aromatic heterocycles. The zero-order valence-corrected chi connectivity index (χ0v) is 11.9. The predicted molar refractivity (Wildman–Crippen MR) is 78.2 cm³/mol. The summed E-state index contributed by atoms with van der Waals surface area (Å²) in [6.45, 7) is 2.09. The molecule has 6 heteroatoms. The number of nitrogens with zero attached hydrogens (tertiary/aromatic N) is 1. The molecule has 2 aromatic rings. The van der Waals surface area contributed by atoms with E-state index in [4.69, 9.17) is 9.47 Å². The number of rotatable bonds is 5. The molecule has 21 heavy (non-hydrogen) atoms. The van der Waals surface area contributed by atoms with Crippen molar-refractivity contribution in [3.63, 3.8) is 0 Å². The number of benzene rings is 1. The number of methoxy groups -OCH3 is 1. The van der Waals surface area contributed by atoms with Crippen molar-refractivity contribution in [3.05, 3.63) is 36.0 Å². The van der Waals surface area contributed by atoms with Crippen LogP contribution in [0.5, 0.6) is 0 Å². The second-order valence-electron chi connectivity index (χ2n) is 4.22. The van der Waals surface area contributed by atoms with E-state index in [0.717, 1.165) is 5.39 Å². The van der Waals surface area contributed by atoms with Crippen LogP contribution in [-0.2, 0) is 14.3 Å². The van der Waals surface area contributed by atoms with Crippen molar-refractivity contribution in [2.75, 3.05) is 25.6 Å². The molecule has 0 spiro atoms. The van der Waals surface area contributed by atoms with E-state index in [1.165, 1.54) is 13.3 Å². The topological polar surface area (TPSA) is 77.5 Å². The first-order valence-corrected chi connectivity index (χ1v) is 6.53. The van der Waals surface area contributed by atoms with E-state index < -0.39 is 5.97 Å². The van der Waals surface area contributed by atoms with Gasteiger partial charge in [0.15, 0.2) is 0 Å². The van der Waals surface area contributed by atoms with E-state index in [9.17, 15) is 9.59 Å². The average molecular weight is 288 g/mol. The van der Waals surface area contributed by atoms with Crippen molar-refractivity contribution in [3.8, 4) is 0 Å². The fourth-order valence-corrected chi connectivity index (χ4v) is 1.97. The quantitative estimate of drug-likeness (QED) is 0.848. The van der Waals surface area contributed by atoms with Crippen molar-refractivity contribution in [1.29, 1.82) is 0 Å². The molecule has 2 rings (SSSR count). The molecule has 0 saturated heterocycles. The molecule has 6 nitrogen and oxygen atoms in total. The number of ether oxygens (including phenoxy) is 2. The minimum atomic E-state index is -0.448. The third-order valence-corrected chi connectivity index (χ3v) is 2.91. The molecule has 1 aromatic carbocycles. The normalized spacial score (nSPS) is 10.2. The fraction of sp³-hybridized carbons (Fsp3) is 0.267. The number of hydrogen-bond donors (Lipinski definition) is 1. The Balaban J connectivity index is 2.34. The first-order valence-electron chi connectivity index (χ1n) is 6.53. The fourth-order valence-electron chi connectivity index (χ4n) is 1.97. The SMILES string of the molecule is CCOC(=O)CNc1ncc(C(=O)OC)c2ccccc12. The van der Waals surface area contributed by atoms with Gasteiger partial charge in [-0.3, -0.25) is 4.79 Å². The Hall–Kier alpha value is -2.63. The second-order valence-corrected chi connectivity index (χ2v) is 4.22. The predicted octanol–water partition coefficient (Wildman–Crippen LogP) is 2.00. The molecule has 1 heterocycles. The van der Waals surface area contributed by atoms with E-state index in [-0.39, 0.29) is 12.5 Å². The summed E-state index contributed by atoms with van der Waals surface area (Å²) < 4.78 is 9.59. The largest absolute Gasteiger partial charge is 0.465 e. The number of carbonyl (C=O) groups excluding carboxylic acids is 2. The van der Waals surface area contributed by atoms with Crippen LogP contribution in [0.1, 0.15) is 17.3 Å². The monoisotopic (exact) mass is 288 g/mol. The summed E-state index contributed by atoms with van der Waals surface area (Å²) in [5.41, 5.74) is 0.384. The lowest BCUT2D eigenvalue weighted by molar-refractivity contribution is -0.140. The van der Waals surface area contributed by atoms with Gasteiger partial charge in [0, 0.05) is 17.0 Å². The number of aromatic nitrogens is 1. The molecule has 0 radical (unpaired) electrons. The molecular formula is C15H16N2O4. The molecule has 0 aliphatic heterocycles. The first-order chi connectivity index (χ1) is 10.2. The van der Waals surface area contributed by atoms with Gasteiger partial charge in [0.2, 0.25) is 0 Å². The van der Waals surface area contributed by atoms with Crippen LogP contribution < -0.4 is 5.32 Å². The third kappa shape index (κ3) is 3.28. The Morgan fingerprint density at radius 3 is 2.62 bits per heavy atom. The van der Waals surface area contributed by atoms with Crippen LogP contribution >= 0.6 is 0 Å². The van der Waals surface area contributed by atoms with Crippen LogP contribution in [0.3, 0.4) is 0 Å². The van der Waals surface area contributed by atoms with Gasteiger partial charge in [-0.05, 0) is 6.92 Å². The maximum Gasteiger partial charge on any atom is 0.340 e. The molecule has 0 unspecified atom stereocenters. The molecule has 0 amide bonds. The van der Waals surface area contributed by atoms with Gasteiger partial charge in [-0.15, -0.1) is 0 Å². The number of pyridine rings is 1. The van der Waals surface area contributed by atoms with Gasteiger partial charge in [0.25, 0.3) is 0 Å². The van der Waals surface area contributed by atoms with E-state index >= 15 is 0 Å². The molecule has 0 saturated carbocycles. The number of anilines is 1. The van der Waals surface area contributed by atoms with Crippen molar-refractivity contribution in [2.45, 2.75) is 6.92 Å². The Morgan fingerprint density at radius 1 is 1.24 bits per heavy atom. The minimum Gasteiger partial charge on any atom is -0.465 e. The second kappa shape index (κ2) is 6.69. The molecule has 0 bridgehead atoms. The van der Waals surface area contributed by atoms with Crippen molar-refractivity contribution >= 4 is 28.5 Å². The summed E-state index contributed by atoms with van der Waals surface area (Å²) in [5, 5.41) is 4.37. The van der Waals surface area contributed by atoms with E-state index in [1.807, 2.05) is 18.2 Å². The van der Waals surface area contributed by atoms with Crippen molar-refractivity contribution in [1.82, 2.24) is 4.98 Å². The highest BCUT2D eigenvalue weighted by Crippen LogP contribution is 2.24. The number of esters is 2. The highest BCUT2D eigenvalue weighted by Gasteiger charge is 2.14. The summed E-state index contributed by atoms with van der Waals surface area (Å²) in [5.74, 6) is -0.289. The summed E-state index contributed by atoms with van der Waals surface area (Å²) in [7, 11) is 1.32. The van der Waals surface area contributed by atoms with E-state index in [0.29, 0.717) is 23.4 Å². The lowest BCUT2D eigenvalue weighted by Gasteiger charge is -2.10. The van der Waals surface area contributed by atoms with Crippen LogP contribution in [0, 0.1) is 0 Å². The maximum atomic E-state index is 11.7. The summed E-state index contributed by atoms with van der Waals surface area (Å²) >= 11 is 0. The summed E-state index contributed by atoms with van der Waals surface area (Å²) in [4.78, 5) is 27.3. The van der Waals surface area contributed by atoms with Crippen LogP contribution in [0.4, 0.5) is 5.82 Å². The standard InChI is InChI=1S/C15H16N2O4/c1-3-21-13(18)9-17-14-11-7-5-4-6-10(11)12(8-16-14)15(19)20-2/h4-8H,3,9H2,1-2H3,(H,16,17). The number of nitrogens with one attached hydrogen (secondary N) is 1. The number of hydrogen-bond acceptors (Lipinski definition) is 6.